The Morgan fingerprint density at radius 1 is 0.607 bits per heavy atom. The van der Waals surface area contributed by atoms with Crippen LogP contribution in [0.2, 0.25) is 0 Å². The Balaban J connectivity index is 0.000000384. The summed E-state index contributed by atoms with van der Waals surface area (Å²) in [6.45, 7) is 0. The molecule has 157 valence electrons. The normalized spacial score (nSPS) is 24.9. The molecular weight excluding hydrogens is 529 g/mol. The molecule has 0 aromatic rings. The Labute approximate surface area is 189 Å². The minimum Gasteiger partial charge on any atom is -0.646 e. The number of carboxylic acid groups (broad SMARTS) is 3. The fraction of sp³-hybridized carbons (Fsp3) is 0.600. The van der Waals surface area contributed by atoms with E-state index in [1.54, 1.807) is 0 Å². The van der Waals surface area contributed by atoms with Gasteiger partial charge in [-0.2, -0.15) is 0 Å². The van der Waals surface area contributed by atoms with E-state index in [2.05, 4.69) is 16.0 Å². The predicted molar refractivity (Wildman–Crippen MR) is 79.2 cm³/mol. The van der Waals surface area contributed by atoms with E-state index in [-0.39, 0.29) is 75.2 Å². The van der Waals surface area contributed by atoms with Crippen molar-refractivity contribution in [2.24, 2.45) is 0 Å². The Morgan fingerprint density at radius 3 is 0.893 bits per heavy atom. The average molecular weight is 544 g/mol. The molecule has 3 saturated heterocycles. The van der Waals surface area contributed by atoms with E-state index in [0.29, 0.717) is 19.3 Å². The Bertz CT molecular complexity index is 555. The number of hydrogen-bond donors (Lipinski definition) is 0. The first-order valence-corrected chi connectivity index (χ1v) is 7.93. The Hall–Kier alpha value is -1.91. The van der Waals surface area contributed by atoms with Gasteiger partial charge in [0.25, 0.3) is 0 Å². The van der Waals surface area contributed by atoms with E-state index in [1.165, 1.54) is 0 Å². The molecule has 0 aromatic carbocycles. The van der Waals surface area contributed by atoms with Gasteiger partial charge in [0.05, 0.1) is 17.7 Å². The number of hydrogen-bond acceptors (Lipinski definition) is 9. The first-order chi connectivity index (χ1) is 12.6. The summed E-state index contributed by atoms with van der Waals surface area (Å²) in [7, 11) is 0. The first kappa shape index (κ1) is 26.1. The minimum absolute atomic E-state index is 0. The minimum atomic E-state index is -1.25. The van der Waals surface area contributed by atoms with Crippen molar-refractivity contribution in [1.82, 2.24) is 0 Å². The Kier molecular flexibility index (Phi) is 11.7. The third-order valence-corrected chi connectivity index (χ3v) is 3.61. The quantitative estimate of drug-likeness (QED) is 0.343. The summed E-state index contributed by atoms with van der Waals surface area (Å²) < 4.78 is 0. The van der Waals surface area contributed by atoms with E-state index in [1.807, 2.05) is 0 Å². The molecule has 3 heterocycles. The average Bonchev–Trinajstić information content (AvgIpc) is 3.30. The van der Waals surface area contributed by atoms with Crippen LogP contribution in [0.1, 0.15) is 38.5 Å². The Morgan fingerprint density at radius 2 is 0.821 bits per heavy atom. The number of nitrogens with zero attached hydrogens (tertiary/aromatic N) is 3. The van der Waals surface area contributed by atoms with Crippen LogP contribution >= 0.6 is 0 Å². The van der Waals surface area contributed by atoms with Crippen LogP contribution < -0.4 is 15.3 Å². The molecule has 3 fully saturated rings. The second-order valence-electron chi connectivity index (χ2n) is 5.69. The smallest absolute Gasteiger partial charge is 0.646 e. The van der Waals surface area contributed by atoms with Crippen LogP contribution in [0.25, 0.3) is 16.0 Å². The molecule has 3 aliphatic heterocycles. The number of rotatable bonds is 3. The van der Waals surface area contributed by atoms with Crippen molar-refractivity contribution in [3.63, 3.8) is 0 Å². The zero-order chi connectivity index (χ0) is 20.6. The molecule has 3 amide bonds. The van der Waals surface area contributed by atoms with Gasteiger partial charge in [-0.15, -0.1) is 0 Å². The van der Waals surface area contributed by atoms with E-state index >= 15 is 0 Å². The summed E-state index contributed by atoms with van der Waals surface area (Å²) in [5.74, 6) is -4.74. The van der Waals surface area contributed by atoms with Crippen molar-refractivity contribution in [2.75, 3.05) is 0 Å². The SMILES string of the molecule is O=C1CCC(C(=O)[O-])[N-]1.O=C1CCC(C(=O)[O-])[N-]1.O=C1CCC(C(=O)[O-])[N-]1.[Dy+3]. The van der Waals surface area contributed by atoms with Gasteiger partial charge in [0.2, 0.25) is 0 Å². The summed E-state index contributed by atoms with van der Waals surface area (Å²) in [6, 6.07) is -2.63. The maximum absolute atomic E-state index is 10.3. The third kappa shape index (κ3) is 9.34. The molecule has 13 heteroatoms. The molecule has 0 bridgehead atoms. The van der Waals surface area contributed by atoms with Gasteiger partial charge in [-0.05, 0) is 19.3 Å². The van der Waals surface area contributed by atoms with Crippen LogP contribution in [-0.2, 0) is 28.8 Å². The maximum Gasteiger partial charge on any atom is 3.00 e. The molecule has 3 unspecified atom stereocenters. The second-order valence-corrected chi connectivity index (χ2v) is 5.69. The number of carbonyl (C=O) groups excluding carboxylic acids is 6. The van der Waals surface area contributed by atoms with Crippen molar-refractivity contribution in [3.05, 3.63) is 16.0 Å². The van der Waals surface area contributed by atoms with Gasteiger partial charge in [-0.25, -0.2) is 0 Å². The zero-order valence-corrected chi connectivity index (χ0v) is 16.3. The van der Waals surface area contributed by atoms with Crippen LogP contribution in [0.4, 0.5) is 0 Å². The fourth-order valence-corrected chi connectivity index (χ4v) is 2.20. The first-order valence-electron chi connectivity index (χ1n) is 7.93. The number of amides is 3. The summed E-state index contributed by atoms with van der Waals surface area (Å²) in [4.78, 5) is 60.9. The van der Waals surface area contributed by atoms with Gasteiger partial charge in [0.1, 0.15) is 0 Å². The molecule has 0 saturated carbocycles. The number of carboxylic acids is 3. The van der Waals surface area contributed by atoms with E-state index < -0.39 is 36.0 Å². The van der Waals surface area contributed by atoms with Crippen molar-refractivity contribution >= 4 is 35.6 Å². The second kappa shape index (κ2) is 12.5. The van der Waals surface area contributed by atoms with E-state index in [4.69, 9.17) is 0 Å². The van der Waals surface area contributed by atoms with Crippen LogP contribution in [-0.4, -0.2) is 53.8 Å². The standard InChI is InChI=1S/3C5H7NO3.Dy/c3*7-4-2-1-3(6-4)5(8)9;/h3*3H,1-2H2,(H2,6,7,8,9);/q;;;+3/p-6. The van der Waals surface area contributed by atoms with Gasteiger partial charge in [-0.3, -0.25) is 0 Å². The number of aliphatic carboxylic acids is 3. The zero-order valence-electron chi connectivity index (χ0n) is 14.3. The largest absolute Gasteiger partial charge is 3.00 e. The van der Waals surface area contributed by atoms with Crippen LogP contribution in [0.15, 0.2) is 0 Å². The molecule has 0 aromatic heterocycles. The van der Waals surface area contributed by atoms with Crippen molar-refractivity contribution in [2.45, 2.75) is 56.7 Å². The molecule has 12 nitrogen and oxygen atoms in total. The van der Waals surface area contributed by atoms with E-state index in [9.17, 15) is 44.1 Å². The van der Waals surface area contributed by atoms with Crippen molar-refractivity contribution in [1.29, 1.82) is 0 Å². The summed E-state index contributed by atoms with van der Waals surface area (Å²) in [5.41, 5.74) is 0. The molecular formula is C15H15DyN3O9-3. The summed E-state index contributed by atoms with van der Waals surface area (Å²) in [5, 5.41) is 39.8. The van der Waals surface area contributed by atoms with Crippen LogP contribution in [0, 0.1) is 38.2 Å². The van der Waals surface area contributed by atoms with Gasteiger partial charge in [0.15, 0.2) is 0 Å². The molecule has 0 aliphatic carbocycles. The van der Waals surface area contributed by atoms with Crippen molar-refractivity contribution in [3.8, 4) is 0 Å². The summed E-state index contributed by atoms with van der Waals surface area (Å²) in [6.07, 6.45) is 1.67. The predicted octanol–water partition coefficient (Wildman–Crippen LogP) is -3.60. The van der Waals surface area contributed by atoms with E-state index in [0.717, 1.165) is 0 Å². The van der Waals surface area contributed by atoms with Gasteiger partial charge < -0.3 is 60.0 Å². The van der Waals surface area contributed by atoms with Gasteiger partial charge in [0, 0.05) is 17.9 Å². The molecule has 3 atom stereocenters. The molecule has 3 aliphatic rings. The maximum atomic E-state index is 10.3. The molecule has 3 rings (SSSR count). The summed E-state index contributed by atoms with van der Waals surface area (Å²) >= 11 is 0. The topological polar surface area (TPSA) is 214 Å². The molecule has 0 spiro atoms. The fourth-order valence-electron chi connectivity index (χ4n) is 2.20. The molecule has 28 heavy (non-hydrogen) atoms. The molecule has 1 radical (unpaired) electrons. The van der Waals surface area contributed by atoms with Crippen LogP contribution in [0.5, 0.6) is 0 Å². The van der Waals surface area contributed by atoms with Crippen LogP contribution in [0.3, 0.4) is 0 Å². The van der Waals surface area contributed by atoms with Crippen molar-refractivity contribution < 1.29 is 82.3 Å². The number of carbonyl (C=O) groups is 6. The van der Waals surface area contributed by atoms with Gasteiger partial charge >= 0.3 is 38.2 Å². The third-order valence-electron chi connectivity index (χ3n) is 3.61. The molecule has 0 N–H and O–H groups in total. The van der Waals surface area contributed by atoms with Gasteiger partial charge in [-0.1, -0.05) is 37.4 Å². The monoisotopic (exact) mass is 545 g/mol.